The largest absolute Gasteiger partial charge is 0.310 e. The minimum Gasteiger partial charge on any atom is -0.310 e. The Kier molecular flexibility index (Phi) is 5.06. The number of H-pyrrole nitrogens is 1. The topological polar surface area (TPSA) is 74.8 Å². The molecule has 1 aromatic heterocycles. The van der Waals surface area contributed by atoms with Crippen LogP contribution in [-0.2, 0) is 16.4 Å². The van der Waals surface area contributed by atoms with Gasteiger partial charge in [-0.05, 0) is 32.3 Å². The molecule has 1 aliphatic carbocycles. The standard InChI is InChI=1S/C18H25N3O2S/c1-13-5-3-6-14(9-13)18-15(12-20-21-18)11-19-16-7-4-8-17(10-16)24(2,22)23/h3,5-6,9,12,16-17,19H,4,7-8,10-11H2,1-2H3,(H,20,21)/t16-,17-/m1/s1. The van der Waals surface area contributed by atoms with E-state index in [0.29, 0.717) is 13.0 Å². The summed E-state index contributed by atoms with van der Waals surface area (Å²) < 4.78 is 23.6. The Labute approximate surface area is 143 Å². The van der Waals surface area contributed by atoms with Crippen molar-refractivity contribution in [3.63, 3.8) is 0 Å². The van der Waals surface area contributed by atoms with Gasteiger partial charge in [0.05, 0.1) is 17.1 Å². The molecule has 24 heavy (non-hydrogen) atoms. The van der Waals surface area contributed by atoms with E-state index in [4.69, 9.17) is 0 Å². The first-order valence-electron chi connectivity index (χ1n) is 8.45. The van der Waals surface area contributed by atoms with E-state index in [0.717, 1.165) is 36.1 Å². The van der Waals surface area contributed by atoms with Gasteiger partial charge in [0.1, 0.15) is 9.84 Å². The van der Waals surface area contributed by atoms with Gasteiger partial charge >= 0.3 is 0 Å². The summed E-state index contributed by atoms with van der Waals surface area (Å²) in [7, 11) is -2.95. The smallest absolute Gasteiger partial charge is 0.150 e. The Balaban J connectivity index is 1.67. The lowest BCUT2D eigenvalue weighted by atomic mass is 9.94. The fourth-order valence-electron chi connectivity index (χ4n) is 3.47. The van der Waals surface area contributed by atoms with E-state index in [1.54, 1.807) is 0 Å². The number of aromatic nitrogens is 2. The zero-order valence-corrected chi connectivity index (χ0v) is 15.1. The molecule has 0 bridgehead atoms. The monoisotopic (exact) mass is 347 g/mol. The molecule has 3 rings (SSSR count). The lowest BCUT2D eigenvalue weighted by molar-refractivity contribution is 0.371. The molecule has 1 heterocycles. The molecular weight excluding hydrogens is 322 g/mol. The molecule has 1 aromatic carbocycles. The number of rotatable bonds is 5. The predicted molar refractivity (Wildman–Crippen MR) is 96.5 cm³/mol. The quantitative estimate of drug-likeness (QED) is 0.872. The van der Waals surface area contributed by atoms with Gasteiger partial charge in [-0.3, -0.25) is 5.10 Å². The Morgan fingerprint density at radius 2 is 2.17 bits per heavy atom. The van der Waals surface area contributed by atoms with Crippen LogP contribution in [-0.4, -0.2) is 36.2 Å². The van der Waals surface area contributed by atoms with Crippen LogP contribution in [0.25, 0.3) is 11.3 Å². The molecule has 0 amide bonds. The normalized spacial score (nSPS) is 21.8. The summed E-state index contributed by atoms with van der Waals surface area (Å²) in [6.07, 6.45) is 6.69. The van der Waals surface area contributed by atoms with Gasteiger partial charge in [0.2, 0.25) is 0 Å². The maximum absolute atomic E-state index is 11.8. The van der Waals surface area contributed by atoms with Crippen molar-refractivity contribution < 1.29 is 8.42 Å². The number of hydrogen-bond acceptors (Lipinski definition) is 4. The zero-order valence-electron chi connectivity index (χ0n) is 14.2. The van der Waals surface area contributed by atoms with Gasteiger partial charge in [-0.1, -0.05) is 30.2 Å². The summed E-state index contributed by atoms with van der Waals surface area (Å²) in [5.41, 5.74) is 4.48. The van der Waals surface area contributed by atoms with Crippen molar-refractivity contribution >= 4 is 9.84 Å². The summed E-state index contributed by atoms with van der Waals surface area (Å²) in [6.45, 7) is 2.77. The Morgan fingerprint density at radius 3 is 2.92 bits per heavy atom. The molecule has 0 unspecified atom stereocenters. The Morgan fingerprint density at radius 1 is 1.33 bits per heavy atom. The maximum Gasteiger partial charge on any atom is 0.150 e. The number of aromatic amines is 1. The van der Waals surface area contributed by atoms with Gasteiger partial charge in [-0.25, -0.2) is 8.42 Å². The minimum absolute atomic E-state index is 0.204. The molecule has 130 valence electrons. The second kappa shape index (κ2) is 7.07. The van der Waals surface area contributed by atoms with Crippen LogP contribution in [0.5, 0.6) is 0 Å². The Hall–Kier alpha value is -1.66. The van der Waals surface area contributed by atoms with Crippen LogP contribution >= 0.6 is 0 Å². The van der Waals surface area contributed by atoms with E-state index < -0.39 is 9.84 Å². The van der Waals surface area contributed by atoms with Crippen molar-refractivity contribution in [3.05, 3.63) is 41.6 Å². The number of aryl methyl sites for hydroxylation is 1. The molecule has 0 radical (unpaired) electrons. The highest BCUT2D eigenvalue weighted by atomic mass is 32.2. The first kappa shape index (κ1) is 17.2. The number of nitrogens with one attached hydrogen (secondary N) is 2. The number of hydrogen-bond donors (Lipinski definition) is 2. The summed E-state index contributed by atoms with van der Waals surface area (Å²) in [6, 6.07) is 8.58. The van der Waals surface area contributed by atoms with Gasteiger partial charge in [0.15, 0.2) is 0 Å². The van der Waals surface area contributed by atoms with Gasteiger partial charge in [0.25, 0.3) is 0 Å². The van der Waals surface area contributed by atoms with Crippen LogP contribution in [0.15, 0.2) is 30.5 Å². The highest BCUT2D eigenvalue weighted by Crippen LogP contribution is 2.25. The van der Waals surface area contributed by atoms with Gasteiger partial charge in [-0.15, -0.1) is 0 Å². The van der Waals surface area contributed by atoms with Gasteiger partial charge < -0.3 is 5.32 Å². The van der Waals surface area contributed by atoms with Crippen LogP contribution in [0, 0.1) is 6.92 Å². The van der Waals surface area contributed by atoms with Crippen LogP contribution in [0.4, 0.5) is 0 Å². The second-order valence-electron chi connectivity index (χ2n) is 6.84. The first-order valence-corrected chi connectivity index (χ1v) is 10.4. The minimum atomic E-state index is -2.95. The third kappa shape index (κ3) is 4.05. The van der Waals surface area contributed by atoms with Gasteiger partial charge in [-0.2, -0.15) is 5.10 Å². The van der Waals surface area contributed by atoms with E-state index in [2.05, 4.69) is 40.6 Å². The summed E-state index contributed by atoms with van der Waals surface area (Å²) >= 11 is 0. The summed E-state index contributed by atoms with van der Waals surface area (Å²) in [5, 5.41) is 10.6. The summed E-state index contributed by atoms with van der Waals surface area (Å²) in [4.78, 5) is 0. The predicted octanol–water partition coefficient (Wildman–Crippen LogP) is 2.83. The summed E-state index contributed by atoms with van der Waals surface area (Å²) in [5.74, 6) is 0. The molecular formula is C18H25N3O2S. The molecule has 0 aliphatic heterocycles. The van der Waals surface area contributed by atoms with E-state index in [-0.39, 0.29) is 11.3 Å². The van der Waals surface area contributed by atoms with E-state index in [1.807, 2.05) is 12.3 Å². The van der Waals surface area contributed by atoms with Crippen LogP contribution < -0.4 is 5.32 Å². The van der Waals surface area contributed by atoms with Crippen LogP contribution in [0.2, 0.25) is 0 Å². The van der Waals surface area contributed by atoms with Gasteiger partial charge in [0, 0.05) is 30.0 Å². The molecule has 6 heteroatoms. The van der Waals surface area contributed by atoms with Crippen molar-refractivity contribution in [2.24, 2.45) is 0 Å². The third-order valence-corrected chi connectivity index (χ3v) is 6.48. The molecule has 1 aliphatic rings. The zero-order chi connectivity index (χ0) is 17.2. The lowest BCUT2D eigenvalue weighted by Crippen LogP contribution is -2.38. The van der Waals surface area contributed by atoms with E-state index >= 15 is 0 Å². The molecule has 1 fully saturated rings. The molecule has 2 aromatic rings. The third-order valence-electron chi connectivity index (χ3n) is 4.84. The number of benzene rings is 1. The van der Waals surface area contributed by atoms with E-state index in [9.17, 15) is 8.42 Å². The van der Waals surface area contributed by atoms with E-state index in [1.165, 1.54) is 11.8 Å². The SMILES string of the molecule is Cc1cccc(-c2[nH]ncc2CN[C@@H]2CCC[C@@H](S(C)(=O)=O)C2)c1. The molecule has 0 spiro atoms. The fraction of sp³-hybridized carbons (Fsp3) is 0.500. The van der Waals surface area contributed by atoms with Crippen LogP contribution in [0.3, 0.4) is 0 Å². The van der Waals surface area contributed by atoms with Crippen molar-refractivity contribution in [3.8, 4) is 11.3 Å². The van der Waals surface area contributed by atoms with Crippen molar-refractivity contribution in [1.29, 1.82) is 0 Å². The first-order chi connectivity index (χ1) is 11.4. The number of nitrogens with zero attached hydrogens (tertiary/aromatic N) is 1. The average Bonchev–Trinajstić information content (AvgIpc) is 3.01. The van der Waals surface area contributed by atoms with Crippen LogP contribution in [0.1, 0.15) is 36.8 Å². The molecule has 2 N–H and O–H groups in total. The van der Waals surface area contributed by atoms with Crippen molar-refractivity contribution in [2.45, 2.75) is 50.4 Å². The molecule has 1 saturated carbocycles. The highest BCUT2D eigenvalue weighted by molar-refractivity contribution is 7.91. The molecule has 5 nitrogen and oxygen atoms in total. The lowest BCUT2D eigenvalue weighted by Gasteiger charge is -2.28. The molecule has 2 atom stereocenters. The van der Waals surface area contributed by atoms with Crippen molar-refractivity contribution in [1.82, 2.24) is 15.5 Å². The second-order valence-corrected chi connectivity index (χ2v) is 9.16. The average molecular weight is 347 g/mol. The fourth-order valence-corrected chi connectivity index (χ4v) is 4.65. The Bertz CT molecular complexity index is 798. The number of sulfone groups is 1. The van der Waals surface area contributed by atoms with Crippen molar-refractivity contribution in [2.75, 3.05) is 6.26 Å². The highest BCUT2D eigenvalue weighted by Gasteiger charge is 2.28. The molecule has 0 saturated heterocycles. The maximum atomic E-state index is 11.8.